The van der Waals surface area contributed by atoms with E-state index in [4.69, 9.17) is 17.3 Å². The second-order valence-corrected chi connectivity index (χ2v) is 6.34. The van der Waals surface area contributed by atoms with Crippen LogP contribution < -0.4 is 11.1 Å². The van der Waals surface area contributed by atoms with Crippen molar-refractivity contribution in [3.8, 4) is 0 Å². The molecule has 0 fully saturated rings. The lowest BCUT2D eigenvalue weighted by molar-refractivity contribution is 0.568. The SMILES string of the molecule is Cc1nc(Cl)nc(NCC(C)(C)c2cccs2)c1N. The van der Waals surface area contributed by atoms with E-state index >= 15 is 0 Å². The molecule has 6 heteroatoms. The van der Waals surface area contributed by atoms with E-state index in [-0.39, 0.29) is 10.7 Å². The number of nitrogens with one attached hydrogen (secondary N) is 1. The van der Waals surface area contributed by atoms with E-state index < -0.39 is 0 Å². The van der Waals surface area contributed by atoms with Crippen LogP contribution in [0.4, 0.5) is 11.5 Å². The summed E-state index contributed by atoms with van der Waals surface area (Å²) in [5.74, 6) is 0.599. The van der Waals surface area contributed by atoms with Crippen LogP contribution >= 0.6 is 22.9 Å². The van der Waals surface area contributed by atoms with E-state index in [1.54, 1.807) is 11.3 Å². The smallest absolute Gasteiger partial charge is 0.224 e. The molecule has 102 valence electrons. The van der Waals surface area contributed by atoms with Gasteiger partial charge in [0.15, 0.2) is 5.82 Å². The fraction of sp³-hybridized carbons (Fsp3) is 0.385. The molecule has 0 aromatic carbocycles. The number of nitrogens with two attached hydrogens (primary N) is 1. The maximum absolute atomic E-state index is 5.96. The zero-order valence-electron chi connectivity index (χ0n) is 11.2. The summed E-state index contributed by atoms with van der Waals surface area (Å²) in [6, 6.07) is 4.19. The molecule has 0 saturated heterocycles. The van der Waals surface area contributed by atoms with Crippen molar-refractivity contribution in [1.29, 1.82) is 0 Å². The summed E-state index contributed by atoms with van der Waals surface area (Å²) in [4.78, 5) is 9.47. The van der Waals surface area contributed by atoms with Gasteiger partial charge in [0.25, 0.3) is 0 Å². The Labute approximate surface area is 122 Å². The molecule has 2 heterocycles. The summed E-state index contributed by atoms with van der Waals surface area (Å²) in [6.07, 6.45) is 0. The molecule has 0 aliphatic rings. The van der Waals surface area contributed by atoms with Gasteiger partial charge in [-0.15, -0.1) is 11.3 Å². The number of hydrogen-bond acceptors (Lipinski definition) is 5. The number of nitrogens with zero attached hydrogens (tertiary/aromatic N) is 2. The van der Waals surface area contributed by atoms with Crippen molar-refractivity contribution >= 4 is 34.4 Å². The summed E-state index contributed by atoms with van der Waals surface area (Å²) < 4.78 is 0. The van der Waals surface area contributed by atoms with Crippen molar-refractivity contribution in [3.05, 3.63) is 33.4 Å². The number of anilines is 2. The summed E-state index contributed by atoms with van der Waals surface area (Å²) in [5.41, 5.74) is 7.20. The third-order valence-electron chi connectivity index (χ3n) is 2.99. The van der Waals surface area contributed by atoms with E-state index in [1.165, 1.54) is 4.88 Å². The Kier molecular flexibility index (Phi) is 3.96. The third kappa shape index (κ3) is 3.16. The molecular formula is C13H17ClN4S. The van der Waals surface area contributed by atoms with E-state index in [2.05, 4.69) is 46.6 Å². The van der Waals surface area contributed by atoms with E-state index in [0.717, 1.165) is 6.54 Å². The Balaban J connectivity index is 2.15. The largest absolute Gasteiger partial charge is 0.394 e. The van der Waals surface area contributed by atoms with Crippen LogP contribution in [0.5, 0.6) is 0 Å². The minimum absolute atomic E-state index is 0.00589. The summed E-state index contributed by atoms with van der Waals surface area (Å²) in [7, 11) is 0. The van der Waals surface area contributed by atoms with Crippen LogP contribution in [0.1, 0.15) is 24.4 Å². The normalized spacial score (nSPS) is 11.6. The Morgan fingerprint density at radius 2 is 2.16 bits per heavy atom. The molecule has 0 atom stereocenters. The van der Waals surface area contributed by atoms with Gasteiger partial charge >= 0.3 is 0 Å². The lowest BCUT2D eigenvalue weighted by Gasteiger charge is -2.24. The van der Waals surface area contributed by atoms with Gasteiger partial charge < -0.3 is 11.1 Å². The molecule has 0 aliphatic carbocycles. The zero-order chi connectivity index (χ0) is 14.0. The van der Waals surface area contributed by atoms with Gasteiger partial charge in [0.05, 0.1) is 11.4 Å². The summed E-state index contributed by atoms with van der Waals surface area (Å²) in [6.45, 7) is 6.90. The van der Waals surface area contributed by atoms with Crippen LogP contribution in [0.3, 0.4) is 0 Å². The molecular weight excluding hydrogens is 280 g/mol. The highest BCUT2D eigenvalue weighted by atomic mass is 35.5. The molecule has 0 amide bonds. The summed E-state index contributed by atoms with van der Waals surface area (Å²) in [5, 5.41) is 5.56. The maximum Gasteiger partial charge on any atom is 0.224 e. The van der Waals surface area contributed by atoms with Crippen LogP contribution in [0.25, 0.3) is 0 Å². The van der Waals surface area contributed by atoms with Crippen molar-refractivity contribution in [2.24, 2.45) is 0 Å². The Bertz CT molecular complexity index is 566. The Hall–Kier alpha value is -1.33. The molecule has 2 rings (SSSR count). The number of thiophene rings is 1. The minimum atomic E-state index is 0.00589. The average molecular weight is 297 g/mol. The molecule has 0 saturated carbocycles. The van der Waals surface area contributed by atoms with Crippen molar-refractivity contribution in [3.63, 3.8) is 0 Å². The number of halogens is 1. The van der Waals surface area contributed by atoms with Crippen molar-refractivity contribution in [2.75, 3.05) is 17.6 Å². The van der Waals surface area contributed by atoms with Gasteiger partial charge in [0, 0.05) is 16.8 Å². The predicted molar refractivity (Wildman–Crippen MR) is 82.0 cm³/mol. The van der Waals surface area contributed by atoms with E-state index in [0.29, 0.717) is 17.2 Å². The molecule has 4 nitrogen and oxygen atoms in total. The maximum atomic E-state index is 5.96. The molecule has 2 aromatic heterocycles. The number of nitrogen functional groups attached to an aromatic ring is 1. The quantitative estimate of drug-likeness (QED) is 0.848. The molecule has 19 heavy (non-hydrogen) atoms. The molecule has 0 unspecified atom stereocenters. The monoisotopic (exact) mass is 296 g/mol. The molecule has 0 radical (unpaired) electrons. The first-order valence-corrected chi connectivity index (χ1v) is 7.23. The second-order valence-electron chi connectivity index (χ2n) is 5.06. The number of hydrogen-bond donors (Lipinski definition) is 2. The van der Waals surface area contributed by atoms with Gasteiger partial charge in [-0.2, -0.15) is 4.98 Å². The first kappa shape index (κ1) is 14.1. The lowest BCUT2D eigenvalue weighted by atomic mass is 9.91. The molecule has 2 aromatic rings. The van der Waals surface area contributed by atoms with Crippen molar-refractivity contribution in [1.82, 2.24) is 9.97 Å². The fourth-order valence-electron chi connectivity index (χ4n) is 1.74. The number of aryl methyl sites for hydroxylation is 1. The van der Waals surface area contributed by atoms with E-state index in [1.807, 2.05) is 6.92 Å². The van der Waals surface area contributed by atoms with Crippen LogP contribution in [0, 0.1) is 6.92 Å². The van der Waals surface area contributed by atoms with Gasteiger partial charge in [-0.3, -0.25) is 0 Å². The second kappa shape index (κ2) is 5.35. The van der Waals surface area contributed by atoms with Crippen LogP contribution in [0.15, 0.2) is 17.5 Å². The topological polar surface area (TPSA) is 63.8 Å². The predicted octanol–water partition coefficient (Wildman–Crippen LogP) is 3.47. The number of aromatic nitrogens is 2. The molecule has 0 bridgehead atoms. The van der Waals surface area contributed by atoms with E-state index in [9.17, 15) is 0 Å². The molecule has 3 N–H and O–H groups in total. The lowest BCUT2D eigenvalue weighted by Crippen LogP contribution is -2.27. The van der Waals surface area contributed by atoms with Crippen molar-refractivity contribution < 1.29 is 0 Å². The number of rotatable bonds is 4. The Morgan fingerprint density at radius 3 is 2.79 bits per heavy atom. The Morgan fingerprint density at radius 1 is 1.42 bits per heavy atom. The fourth-order valence-corrected chi connectivity index (χ4v) is 2.80. The summed E-state index contributed by atoms with van der Waals surface area (Å²) >= 11 is 7.60. The first-order chi connectivity index (χ1) is 8.90. The van der Waals surface area contributed by atoms with Gasteiger partial charge in [-0.25, -0.2) is 4.98 Å². The standard InChI is InChI=1S/C13H17ClN4S/c1-8-10(15)11(18-12(14)17-8)16-7-13(2,3)9-5-4-6-19-9/h4-6H,7,15H2,1-3H3,(H,16,17,18). The minimum Gasteiger partial charge on any atom is -0.394 e. The highest BCUT2D eigenvalue weighted by Crippen LogP contribution is 2.29. The highest BCUT2D eigenvalue weighted by molar-refractivity contribution is 7.10. The highest BCUT2D eigenvalue weighted by Gasteiger charge is 2.22. The average Bonchev–Trinajstić information content (AvgIpc) is 2.86. The first-order valence-electron chi connectivity index (χ1n) is 5.97. The van der Waals surface area contributed by atoms with Crippen molar-refractivity contribution in [2.45, 2.75) is 26.2 Å². The third-order valence-corrected chi connectivity index (χ3v) is 4.40. The zero-order valence-corrected chi connectivity index (χ0v) is 12.8. The molecule has 0 spiro atoms. The van der Waals surface area contributed by atoms with Gasteiger partial charge in [-0.1, -0.05) is 19.9 Å². The van der Waals surface area contributed by atoms with Gasteiger partial charge in [0.2, 0.25) is 5.28 Å². The van der Waals surface area contributed by atoms with Gasteiger partial charge in [-0.05, 0) is 30.0 Å². The van der Waals surface area contributed by atoms with Gasteiger partial charge in [0.1, 0.15) is 0 Å². The van der Waals surface area contributed by atoms with Crippen LogP contribution in [-0.4, -0.2) is 16.5 Å². The van der Waals surface area contributed by atoms with Crippen LogP contribution in [0.2, 0.25) is 5.28 Å². The van der Waals surface area contributed by atoms with Crippen LogP contribution in [-0.2, 0) is 5.41 Å². The molecule has 0 aliphatic heterocycles.